The van der Waals surface area contributed by atoms with Gasteiger partial charge in [-0.15, -0.1) is 0 Å². The minimum atomic E-state index is -1.30. The summed E-state index contributed by atoms with van der Waals surface area (Å²) in [6.45, 7) is 10.9. The van der Waals surface area contributed by atoms with Gasteiger partial charge in [0, 0.05) is 26.2 Å². The number of rotatable bonds is 6. The van der Waals surface area contributed by atoms with Crippen molar-refractivity contribution in [3.05, 3.63) is 35.9 Å². The van der Waals surface area contributed by atoms with Crippen molar-refractivity contribution < 1.29 is 23.9 Å². The number of unbranched alkanes of at least 4 members (excludes halogenated alkanes) is 1. The Morgan fingerprint density at radius 1 is 0.968 bits per heavy atom. The second kappa shape index (κ2) is 10.5. The zero-order valence-electron chi connectivity index (χ0n) is 19.3. The molecule has 0 aliphatic carbocycles. The minimum Gasteiger partial charge on any atom is -0.449 e. The van der Waals surface area contributed by atoms with Gasteiger partial charge in [0.2, 0.25) is 0 Å². The molecule has 8 nitrogen and oxygen atoms in total. The van der Waals surface area contributed by atoms with Gasteiger partial charge in [-0.3, -0.25) is 4.79 Å². The van der Waals surface area contributed by atoms with Gasteiger partial charge in [-0.25, -0.2) is 9.59 Å². The number of hydrogen-bond acceptors (Lipinski definition) is 5. The van der Waals surface area contributed by atoms with Crippen molar-refractivity contribution >= 4 is 18.1 Å². The van der Waals surface area contributed by atoms with Crippen LogP contribution < -0.4 is 5.32 Å². The van der Waals surface area contributed by atoms with E-state index < -0.39 is 17.2 Å². The van der Waals surface area contributed by atoms with Gasteiger partial charge in [-0.1, -0.05) is 43.7 Å². The maximum atomic E-state index is 13.5. The number of nitrogens with zero attached hydrogens (tertiary/aromatic N) is 2. The molecule has 1 atom stereocenters. The van der Waals surface area contributed by atoms with Gasteiger partial charge in [0.1, 0.15) is 11.1 Å². The van der Waals surface area contributed by atoms with Gasteiger partial charge in [0.15, 0.2) is 0 Å². The molecule has 2 rings (SSSR count). The zero-order valence-corrected chi connectivity index (χ0v) is 19.3. The summed E-state index contributed by atoms with van der Waals surface area (Å²) in [5, 5.41) is 2.77. The van der Waals surface area contributed by atoms with Gasteiger partial charge in [0.05, 0.1) is 6.61 Å². The predicted octanol–water partition coefficient (Wildman–Crippen LogP) is 3.51. The van der Waals surface area contributed by atoms with Gasteiger partial charge >= 0.3 is 12.2 Å². The monoisotopic (exact) mass is 433 g/mol. The molecule has 0 radical (unpaired) electrons. The molecule has 0 saturated carbocycles. The SMILES string of the molecule is CCCCOC(=O)N1CCN(C(=O)[C@@](C)(NC(=O)OC(C)(C)C)c2ccccc2)CC1. The summed E-state index contributed by atoms with van der Waals surface area (Å²) >= 11 is 0. The molecule has 0 bridgehead atoms. The number of hydrogen-bond donors (Lipinski definition) is 1. The maximum absolute atomic E-state index is 13.5. The van der Waals surface area contributed by atoms with Gasteiger partial charge < -0.3 is 24.6 Å². The maximum Gasteiger partial charge on any atom is 0.409 e. The molecule has 1 heterocycles. The van der Waals surface area contributed by atoms with Crippen LogP contribution in [0.3, 0.4) is 0 Å². The highest BCUT2D eigenvalue weighted by molar-refractivity contribution is 5.91. The Bertz CT molecular complexity index is 754. The number of piperazine rings is 1. The lowest BCUT2D eigenvalue weighted by Gasteiger charge is -2.40. The van der Waals surface area contributed by atoms with Crippen LogP contribution in [0.4, 0.5) is 9.59 Å². The molecule has 1 aliphatic rings. The first-order valence-corrected chi connectivity index (χ1v) is 10.8. The van der Waals surface area contributed by atoms with Crippen LogP contribution in [-0.4, -0.2) is 66.3 Å². The summed E-state index contributed by atoms with van der Waals surface area (Å²) in [6.07, 6.45) is 0.775. The van der Waals surface area contributed by atoms with Crippen LogP contribution in [0.1, 0.15) is 53.0 Å². The fraction of sp³-hybridized carbons (Fsp3) is 0.609. The lowest BCUT2D eigenvalue weighted by molar-refractivity contribution is -0.139. The molecule has 1 saturated heterocycles. The average molecular weight is 434 g/mol. The van der Waals surface area contributed by atoms with E-state index in [9.17, 15) is 14.4 Å². The van der Waals surface area contributed by atoms with Crippen LogP contribution in [0.25, 0.3) is 0 Å². The Morgan fingerprint density at radius 2 is 1.55 bits per heavy atom. The molecule has 1 aromatic rings. The second-order valence-electron chi connectivity index (χ2n) is 8.87. The summed E-state index contributed by atoms with van der Waals surface area (Å²) in [6, 6.07) is 9.10. The van der Waals surface area contributed by atoms with Gasteiger partial charge in [-0.2, -0.15) is 0 Å². The zero-order chi connectivity index (χ0) is 23.1. The van der Waals surface area contributed by atoms with Crippen LogP contribution in [0.5, 0.6) is 0 Å². The number of ether oxygens (including phenoxy) is 2. The molecular formula is C23H35N3O5. The van der Waals surface area contributed by atoms with Crippen molar-refractivity contribution in [2.45, 2.75) is 58.6 Å². The van der Waals surface area contributed by atoms with E-state index in [1.54, 1.807) is 49.6 Å². The van der Waals surface area contributed by atoms with E-state index in [0.29, 0.717) is 38.3 Å². The Kier molecular flexibility index (Phi) is 8.30. The van der Waals surface area contributed by atoms with Crippen molar-refractivity contribution in [2.24, 2.45) is 0 Å². The standard InChI is InChI=1S/C23H35N3O5/c1-6-7-17-30-21(29)26-15-13-25(14-16-26)19(27)23(5,18-11-9-8-10-12-18)24-20(28)31-22(2,3)4/h8-12H,6-7,13-17H2,1-5H3,(H,24,28)/t23-/m0/s1. The van der Waals surface area contributed by atoms with Crippen LogP contribution in [0.15, 0.2) is 30.3 Å². The molecule has 1 N–H and O–H groups in total. The molecule has 172 valence electrons. The predicted molar refractivity (Wildman–Crippen MR) is 118 cm³/mol. The highest BCUT2D eigenvalue weighted by atomic mass is 16.6. The number of carbonyl (C=O) groups is 3. The van der Waals surface area contributed by atoms with Crippen molar-refractivity contribution in [2.75, 3.05) is 32.8 Å². The molecule has 1 fully saturated rings. The Morgan fingerprint density at radius 3 is 2.10 bits per heavy atom. The van der Waals surface area contributed by atoms with Crippen LogP contribution in [0, 0.1) is 0 Å². The number of alkyl carbamates (subject to hydrolysis) is 1. The van der Waals surface area contributed by atoms with Crippen molar-refractivity contribution in [1.29, 1.82) is 0 Å². The first-order valence-electron chi connectivity index (χ1n) is 10.8. The van der Waals surface area contributed by atoms with E-state index in [-0.39, 0.29) is 12.0 Å². The Balaban J connectivity index is 2.10. The highest BCUT2D eigenvalue weighted by Gasteiger charge is 2.42. The largest absolute Gasteiger partial charge is 0.449 e. The van der Waals surface area contributed by atoms with Crippen molar-refractivity contribution in [3.63, 3.8) is 0 Å². The van der Waals surface area contributed by atoms with E-state index in [1.165, 1.54) is 0 Å². The number of nitrogens with one attached hydrogen (secondary N) is 1. The second-order valence-corrected chi connectivity index (χ2v) is 8.87. The first kappa shape index (κ1) is 24.5. The van der Waals surface area contributed by atoms with Crippen molar-refractivity contribution in [3.8, 4) is 0 Å². The molecule has 0 aromatic heterocycles. The third-order valence-corrected chi connectivity index (χ3v) is 5.08. The normalized spacial score (nSPS) is 16.3. The molecule has 3 amide bonds. The summed E-state index contributed by atoms with van der Waals surface area (Å²) < 4.78 is 10.7. The topological polar surface area (TPSA) is 88.2 Å². The van der Waals surface area contributed by atoms with E-state index in [4.69, 9.17) is 9.47 Å². The summed E-state index contributed by atoms with van der Waals surface area (Å²) in [5.41, 5.74) is -1.32. The van der Waals surface area contributed by atoms with E-state index >= 15 is 0 Å². The molecule has 0 unspecified atom stereocenters. The lowest BCUT2D eigenvalue weighted by Crippen LogP contribution is -2.60. The summed E-state index contributed by atoms with van der Waals surface area (Å²) in [4.78, 5) is 41.5. The van der Waals surface area contributed by atoms with E-state index in [0.717, 1.165) is 12.8 Å². The fourth-order valence-electron chi connectivity index (χ4n) is 3.33. The molecule has 1 aliphatic heterocycles. The molecule has 31 heavy (non-hydrogen) atoms. The number of amides is 3. The Hall–Kier alpha value is -2.77. The average Bonchev–Trinajstić information content (AvgIpc) is 2.72. The van der Waals surface area contributed by atoms with Crippen LogP contribution >= 0.6 is 0 Å². The third-order valence-electron chi connectivity index (χ3n) is 5.08. The lowest BCUT2D eigenvalue weighted by atomic mass is 9.90. The van der Waals surface area contributed by atoms with Crippen LogP contribution in [-0.2, 0) is 19.8 Å². The van der Waals surface area contributed by atoms with Gasteiger partial charge in [-0.05, 0) is 39.7 Å². The van der Waals surface area contributed by atoms with Crippen LogP contribution in [0.2, 0.25) is 0 Å². The summed E-state index contributed by atoms with van der Waals surface area (Å²) in [5.74, 6) is -0.247. The molecule has 8 heteroatoms. The minimum absolute atomic E-state index is 0.247. The molecule has 0 spiro atoms. The number of carbonyl (C=O) groups excluding carboxylic acids is 3. The van der Waals surface area contributed by atoms with E-state index in [1.807, 2.05) is 25.1 Å². The van der Waals surface area contributed by atoms with Crippen molar-refractivity contribution in [1.82, 2.24) is 15.1 Å². The number of benzene rings is 1. The van der Waals surface area contributed by atoms with E-state index in [2.05, 4.69) is 5.32 Å². The van der Waals surface area contributed by atoms with Gasteiger partial charge in [0.25, 0.3) is 5.91 Å². The molecule has 1 aromatic carbocycles. The first-order chi connectivity index (χ1) is 14.6. The highest BCUT2D eigenvalue weighted by Crippen LogP contribution is 2.25. The summed E-state index contributed by atoms with van der Waals surface area (Å²) in [7, 11) is 0. The molecular weight excluding hydrogens is 398 g/mol. The fourth-order valence-corrected chi connectivity index (χ4v) is 3.33. The Labute approximate surface area is 184 Å². The third kappa shape index (κ3) is 6.87. The smallest absolute Gasteiger partial charge is 0.409 e. The quantitative estimate of drug-likeness (QED) is 0.694.